The van der Waals surface area contributed by atoms with E-state index in [1.165, 1.54) is 4.90 Å². The maximum absolute atomic E-state index is 12.1. The molecule has 1 saturated carbocycles. The molecule has 0 heterocycles. The van der Waals surface area contributed by atoms with Crippen molar-refractivity contribution < 1.29 is 14.7 Å². The molecule has 5 heteroatoms. The lowest BCUT2D eigenvalue weighted by Gasteiger charge is -2.21. The fraction of sp³-hybridized carbons (Fsp3) is 0.333. The second kappa shape index (κ2) is 4.14. The zero-order valence-corrected chi connectivity index (χ0v) is 10.9. The molecule has 1 N–H and O–H groups in total. The van der Waals surface area contributed by atoms with Crippen LogP contribution in [-0.4, -0.2) is 24.0 Å². The first-order chi connectivity index (χ1) is 7.97. The molecule has 1 amide bonds. The Morgan fingerprint density at radius 1 is 1.41 bits per heavy atom. The van der Waals surface area contributed by atoms with Crippen LogP contribution in [-0.2, 0) is 9.59 Å². The van der Waals surface area contributed by atoms with Crippen LogP contribution in [0.2, 0.25) is 0 Å². The number of aliphatic carboxylic acids is 1. The quantitative estimate of drug-likeness (QED) is 0.871. The number of rotatable bonds is 3. The summed E-state index contributed by atoms with van der Waals surface area (Å²) in [6, 6.07) is 7.23. The molecule has 0 spiro atoms. The highest BCUT2D eigenvalue weighted by atomic mass is 79.9. The molecule has 0 aromatic heterocycles. The summed E-state index contributed by atoms with van der Waals surface area (Å²) in [5.41, 5.74) is -0.492. The minimum Gasteiger partial charge on any atom is -0.480 e. The normalized spacial score (nSPS) is 16.4. The molecule has 0 unspecified atom stereocenters. The van der Waals surface area contributed by atoms with Crippen molar-refractivity contribution in [3.8, 4) is 0 Å². The van der Waals surface area contributed by atoms with E-state index in [-0.39, 0.29) is 5.91 Å². The molecule has 1 aromatic carbocycles. The van der Waals surface area contributed by atoms with E-state index in [4.69, 9.17) is 5.11 Å². The van der Waals surface area contributed by atoms with Gasteiger partial charge in [-0.1, -0.05) is 22.0 Å². The van der Waals surface area contributed by atoms with E-state index >= 15 is 0 Å². The van der Waals surface area contributed by atoms with Crippen LogP contribution in [0.25, 0.3) is 0 Å². The van der Waals surface area contributed by atoms with Crippen molar-refractivity contribution >= 4 is 33.5 Å². The first-order valence-electron chi connectivity index (χ1n) is 5.24. The molecule has 0 saturated heterocycles. The molecule has 90 valence electrons. The minimum atomic E-state index is -1.18. The molecule has 1 fully saturated rings. The molecular formula is C12H12BrNO3. The van der Waals surface area contributed by atoms with Crippen molar-refractivity contribution in [2.24, 2.45) is 5.41 Å². The molecule has 0 radical (unpaired) electrons. The van der Waals surface area contributed by atoms with E-state index in [2.05, 4.69) is 15.9 Å². The highest BCUT2D eigenvalue weighted by molar-refractivity contribution is 9.10. The summed E-state index contributed by atoms with van der Waals surface area (Å²) in [4.78, 5) is 24.6. The van der Waals surface area contributed by atoms with E-state index in [0.29, 0.717) is 18.5 Å². The van der Waals surface area contributed by atoms with Crippen LogP contribution in [0, 0.1) is 5.41 Å². The summed E-state index contributed by atoms with van der Waals surface area (Å²) in [7, 11) is 1.60. The van der Waals surface area contributed by atoms with Crippen molar-refractivity contribution in [1.82, 2.24) is 0 Å². The Hall–Kier alpha value is -1.36. The number of hydrogen-bond acceptors (Lipinski definition) is 2. The van der Waals surface area contributed by atoms with Crippen LogP contribution < -0.4 is 4.90 Å². The van der Waals surface area contributed by atoms with Crippen LogP contribution >= 0.6 is 15.9 Å². The summed E-state index contributed by atoms with van der Waals surface area (Å²) in [5.74, 6) is -1.37. The van der Waals surface area contributed by atoms with Crippen molar-refractivity contribution in [1.29, 1.82) is 0 Å². The van der Waals surface area contributed by atoms with Crippen LogP contribution in [0.1, 0.15) is 12.8 Å². The molecule has 1 aromatic rings. The Balaban J connectivity index is 2.24. The third kappa shape index (κ3) is 2.07. The number of amides is 1. The standard InChI is InChI=1S/C12H12BrNO3/c1-14(9-4-2-3-8(13)7-9)10(15)12(5-6-12)11(16)17/h2-4,7H,5-6H2,1H3,(H,16,17). The fourth-order valence-electron chi connectivity index (χ4n) is 1.77. The van der Waals surface area contributed by atoms with Crippen molar-refractivity contribution in [2.75, 3.05) is 11.9 Å². The van der Waals surface area contributed by atoms with Gasteiger partial charge in [-0.25, -0.2) is 0 Å². The van der Waals surface area contributed by atoms with Gasteiger partial charge in [0.15, 0.2) is 0 Å². The Bertz CT molecular complexity index is 482. The Morgan fingerprint density at radius 2 is 2.06 bits per heavy atom. The Kier molecular flexibility index (Phi) is 2.95. The summed E-state index contributed by atoms with van der Waals surface area (Å²) in [6.07, 6.45) is 0.860. The van der Waals surface area contributed by atoms with Gasteiger partial charge < -0.3 is 10.0 Å². The molecule has 1 aliphatic carbocycles. The number of carbonyl (C=O) groups excluding carboxylic acids is 1. The van der Waals surface area contributed by atoms with Gasteiger partial charge in [-0.15, -0.1) is 0 Å². The van der Waals surface area contributed by atoms with E-state index in [0.717, 1.165) is 4.47 Å². The van der Waals surface area contributed by atoms with Gasteiger partial charge in [0.05, 0.1) is 0 Å². The van der Waals surface area contributed by atoms with Crippen molar-refractivity contribution in [3.05, 3.63) is 28.7 Å². The molecule has 1 aliphatic rings. The lowest BCUT2D eigenvalue weighted by molar-refractivity contribution is -0.148. The van der Waals surface area contributed by atoms with Crippen molar-refractivity contribution in [3.63, 3.8) is 0 Å². The first kappa shape index (κ1) is 12.1. The predicted octanol–water partition coefficient (Wildman–Crippen LogP) is 2.28. The number of hydrogen-bond donors (Lipinski definition) is 1. The largest absolute Gasteiger partial charge is 0.480 e. The summed E-state index contributed by atoms with van der Waals surface area (Å²) >= 11 is 3.32. The topological polar surface area (TPSA) is 57.6 Å². The number of carbonyl (C=O) groups is 2. The zero-order chi connectivity index (χ0) is 12.6. The lowest BCUT2D eigenvalue weighted by atomic mass is 10.1. The minimum absolute atomic E-state index is 0.344. The van der Waals surface area contributed by atoms with Gasteiger partial charge >= 0.3 is 5.97 Å². The molecule has 0 bridgehead atoms. The Morgan fingerprint density at radius 3 is 2.53 bits per heavy atom. The highest BCUT2D eigenvalue weighted by Gasteiger charge is 2.58. The van der Waals surface area contributed by atoms with Crippen molar-refractivity contribution in [2.45, 2.75) is 12.8 Å². The fourth-order valence-corrected chi connectivity index (χ4v) is 2.15. The highest BCUT2D eigenvalue weighted by Crippen LogP contribution is 2.47. The second-order valence-electron chi connectivity index (χ2n) is 4.23. The SMILES string of the molecule is CN(C(=O)C1(C(=O)O)CC1)c1cccc(Br)c1. The molecule has 0 atom stereocenters. The number of nitrogens with zero attached hydrogens (tertiary/aromatic N) is 1. The third-order valence-electron chi connectivity index (χ3n) is 3.07. The van der Waals surface area contributed by atoms with Gasteiger partial charge in [0, 0.05) is 17.2 Å². The maximum Gasteiger partial charge on any atom is 0.319 e. The average Bonchev–Trinajstić information content (AvgIpc) is 3.08. The monoisotopic (exact) mass is 297 g/mol. The maximum atomic E-state index is 12.1. The molecular weight excluding hydrogens is 286 g/mol. The van der Waals surface area contributed by atoms with Gasteiger partial charge in [0.2, 0.25) is 5.91 Å². The molecule has 4 nitrogen and oxygen atoms in total. The number of anilines is 1. The number of carboxylic acids is 1. The van der Waals surface area contributed by atoms with Gasteiger partial charge in [0.1, 0.15) is 5.41 Å². The van der Waals surface area contributed by atoms with E-state index < -0.39 is 11.4 Å². The van der Waals surface area contributed by atoms with Crippen LogP contribution in [0.15, 0.2) is 28.7 Å². The van der Waals surface area contributed by atoms with Crippen LogP contribution in [0.4, 0.5) is 5.69 Å². The van der Waals surface area contributed by atoms with Gasteiger partial charge in [-0.05, 0) is 31.0 Å². The van der Waals surface area contributed by atoms with E-state index in [1.54, 1.807) is 19.2 Å². The summed E-state index contributed by atoms with van der Waals surface area (Å²) in [5, 5.41) is 9.07. The van der Waals surface area contributed by atoms with Gasteiger partial charge in [-0.2, -0.15) is 0 Å². The molecule has 17 heavy (non-hydrogen) atoms. The van der Waals surface area contributed by atoms with Crippen LogP contribution in [0.5, 0.6) is 0 Å². The predicted molar refractivity (Wildman–Crippen MR) is 66.9 cm³/mol. The number of halogens is 1. The Labute approximate surface area is 107 Å². The third-order valence-corrected chi connectivity index (χ3v) is 3.56. The number of carboxylic acid groups (broad SMARTS) is 1. The zero-order valence-electron chi connectivity index (χ0n) is 9.31. The second-order valence-corrected chi connectivity index (χ2v) is 5.15. The van der Waals surface area contributed by atoms with Crippen LogP contribution in [0.3, 0.4) is 0 Å². The molecule has 2 rings (SSSR count). The van der Waals surface area contributed by atoms with Gasteiger partial charge in [-0.3, -0.25) is 9.59 Å². The lowest BCUT2D eigenvalue weighted by Crippen LogP contribution is -2.38. The molecule has 0 aliphatic heterocycles. The summed E-state index contributed by atoms with van der Waals surface area (Å²) < 4.78 is 0.856. The first-order valence-corrected chi connectivity index (χ1v) is 6.04. The van der Waals surface area contributed by atoms with E-state index in [9.17, 15) is 9.59 Å². The summed E-state index contributed by atoms with van der Waals surface area (Å²) in [6.45, 7) is 0. The average molecular weight is 298 g/mol. The number of benzene rings is 1. The smallest absolute Gasteiger partial charge is 0.319 e. The van der Waals surface area contributed by atoms with Gasteiger partial charge in [0.25, 0.3) is 0 Å². The van der Waals surface area contributed by atoms with E-state index in [1.807, 2.05) is 12.1 Å².